The molecular weight excluding hydrogens is 426 g/mol. The van der Waals surface area contributed by atoms with Gasteiger partial charge in [0, 0.05) is 11.8 Å². The second kappa shape index (κ2) is 11.2. The van der Waals surface area contributed by atoms with Crippen molar-refractivity contribution in [2.45, 2.75) is 33.1 Å². The minimum atomic E-state index is -0.495. The van der Waals surface area contributed by atoms with E-state index in [9.17, 15) is 14.4 Å². The predicted molar refractivity (Wildman–Crippen MR) is 123 cm³/mol. The monoisotopic (exact) mass is 453 g/mol. The van der Waals surface area contributed by atoms with Gasteiger partial charge >= 0.3 is 5.97 Å². The van der Waals surface area contributed by atoms with E-state index in [-0.39, 0.29) is 30.9 Å². The zero-order valence-electron chi connectivity index (χ0n) is 18.9. The summed E-state index contributed by atoms with van der Waals surface area (Å²) < 4.78 is 21.5. The highest BCUT2D eigenvalue weighted by molar-refractivity contribution is 6.12. The number of hydrogen-bond donors (Lipinski definition) is 1. The molecule has 2 aromatic carbocycles. The minimum Gasteiger partial charge on any atom is -0.490 e. The quantitative estimate of drug-likeness (QED) is 0.336. The highest BCUT2D eigenvalue weighted by Crippen LogP contribution is 2.33. The van der Waals surface area contributed by atoms with Crippen LogP contribution < -0.4 is 14.8 Å². The van der Waals surface area contributed by atoms with E-state index in [0.717, 1.165) is 5.56 Å². The third-order valence-corrected chi connectivity index (χ3v) is 4.87. The summed E-state index contributed by atoms with van der Waals surface area (Å²) in [7, 11) is 1.26. The fourth-order valence-corrected chi connectivity index (χ4v) is 3.37. The van der Waals surface area contributed by atoms with E-state index in [1.807, 2.05) is 13.8 Å². The van der Waals surface area contributed by atoms with Crippen LogP contribution in [0.5, 0.6) is 11.5 Å². The SMILES string of the molecule is CCOc1ccc(CC(=O)Nc2c(C(=O)CCC(=O)OC)oc3ccccc23)cc1OCC. The number of para-hydroxylation sites is 1. The summed E-state index contributed by atoms with van der Waals surface area (Å²) >= 11 is 0. The molecule has 0 aliphatic heterocycles. The normalized spacial score (nSPS) is 10.6. The molecule has 3 rings (SSSR count). The van der Waals surface area contributed by atoms with Crippen LogP contribution in [0.25, 0.3) is 11.0 Å². The van der Waals surface area contributed by atoms with Crippen molar-refractivity contribution in [1.82, 2.24) is 0 Å². The van der Waals surface area contributed by atoms with Crippen LogP contribution in [0.3, 0.4) is 0 Å². The first-order chi connectivity index (χ1) is 16.0. The van der Waals surface area contributed by atoms with Crippen LogP contribution in [0, 0.1) is 0 Å². The molecule has 8 heteroatoms. The van der Waals surface area contributed by atoms with E-state index >= 15 is 0 Å². The van der Waals surface area contributed by atoms with Gasteiger partial charge in [-0.2, -0.15) is 0 Å². The molecule has 0 aliphatic carbocycles. The summed E-state index contributed by atoms with van der Waals surface area (Å²) in [6, 6.07) is 12.4. The van der Waals surface area contributed by atoms with Crippen molar-refractivity contribution in [1.29, 1.82) is 0 Å². The number of ether oxygens (including phenoxy) is 3. The summed E-state index contributed by atoms with van der Waals surface area (Å²) in [4.78, 5) is 37.0. The first kappa shape index (κ1) is 23.8. The maximum absolute atomic E-state index is 12.9. The van der Waals surface area contributed by atoms with Crippen LogP contribution in [0.2, 0.25) is 0 Å². The Morgan fingerprint density at radius 3 is 2.39 bits per heavy atom. The van der Waals surface area contributed by atoms with Gasteiger partial charge in [0.25, 0.3) is 0 Å². The molecule has 0 radical (unpaired) electrons. The molecule has 174 valence electrons. The number of hydrogen-bond acceptors (Lipinski definition) is 7. The molecule has 1 amide bonds. The van der Waals surface area contributed by atoms with E-state index in [4.69, 9.17) is 13.9 Å². The van der Waals surface area contributed by atoms with Gasteiger partial charge in [0.15, 0.2) is 17.3 Å². The smallest absolute Gasteiger partial charge is 0.305 e. The Labute approximate surface area is 191 Å². The fraction of sp³-hybridized carbons (Fsp3) is 0.320. The Hall–Kier alpha value is -3.81. The van der Waals surface area contributed by atoms with Crippen molar-refractivity contribution in [2.75, 3.05) is 25.6 Å². The average Bonchev–Trinajstić information content (AvgIpc) is 3.17. The van der Waals surface area contributed by atoms with Crippen LogP contribution in [0.1, 0.15) is 42.8 Å². The van der Waals surface area contributed by atoms with Gasteiger partial charge in [-0.15, -0.1) is 0 Å². The van der Waals surface area contributed by atoms with Gasteiger partial charge in [0.05, 0.1) is 38.9 Å². The topological polar surface area (TPSA) is 104 Å². The average molecular weight is 453 g/mol. The first-order valence-corrected chi connectivity index (χ1v) is 10.8. The number of amides is 1. The molecule has 0 saturated carbocycles. The van der Waals surface area contributed by atoms with Gasteiger partial charge in [-0.25, -0.2) is 0 Å². The number of anilines is 1. The molecule has 0 bridgehead atoms. The van der Waals surface area contributed by atoms with Crippen LogP contribution in [0.4, 0.5) is 5.69 Å². The number of benzene rings is 2. The lowest BCUT2D eigenvalue weighted by molar-refractivity contribution is -0.140. The number of fused-ring (bicyclic) bond motifs is 1. The Bertz CT molecular complexity index is 1150. The van der Waals surface area contributed by atoms with E-state index in [0.29, 0.717) is 41.4 Å². The molecule has 1 aromatic heterocycles. The molecule has 0 atom stereocenters. The number of esters is 1. The molecule has 0 unspecified atom stereocenters. The lowest BCUT2D eigenvalue weighted by Gasteiger charge is -2.12. The van der Waals surface area contributed by atoms with Crippen LogP contribution in [0.15, 0.2) is 46.9 Å². The summed E-state index contributed by atoms with van der Waals surface area (Å²) in [6.07, 6.45) is -0.111. The van der Waals surface area contributed by atoms with E-state index in [2.05, 4.69) is 10.1 Å². The number of rotatable bonds is 11. The summed E-state index contributed by atoms with van der Waals surface area (Å²) in [5.74, 6) is -0.0255. The minimum absolute atomic E-state index is 0.00940. The van der Waals surface area contributed by atoms with E-state index in [1.54, 1.807) is 42.5 Å². The third-order valence-electron chi connectivity index (χ3n) is 4.87. The molecule has 33 heavy (non-hydrogen) atoms. The molecule has 0 spiro atoms. The molecule has 1 N–H and O–H groups in total. The molecule has 0 saturated heterocycles. The molecule has 0 fully saturated rings. The van der Waals surface area contributed by atoms with E-state index in [1.165, 1.54) is 7.11 Å². The number of Topliss-reactive ketones (excluding diaryl/α,β-unsaturated/α-hetero) is 1. The summed E-state index contributed by atoms with van der Waals surface area (Å²) in [5, 5.41) is 3.42. The highest BCUT2D eigenvalue weighted by atomic mass is 16.5. The van der Waals surface area contributed by atoms with E-state index < -0.39 is 11.8 Å². The Kier molecular flexibility index (Phi) is 8.07. The molecule has 3 aromatic rings. The zero-order valence-corrected chi connectivity index (χ0v) is 18.9. The largest absolute Gasteiger partial charge is 0.490 e. The second-order valence-electron chi connectivity index (χ2n) is 7.17. The zero-order chi connectivity index (χ0) is 23.8. The second-order valence-corrected chi connectivity index (χ2v) is 7.17. The number of nitrogens with one attached hydrogen (secondary N) is 1. The maximum atomic E-state index is 12.9. The van der Waals surface area contributed by atoms with Crippen molar-refractivity contribution >= 4 is 34.3 Å². The van der Waals surface area contributed by atoms with Crippen molar-refractivity contribution in [2.24, 2.45) is 0 Å². The number of carbonyl (C=O) groups is 3. The Morgan fingerprint density at radius 2 is 1.67 bits per heavy atom. The van der Waals surface area contributed by atoms with Gasteiger partial charge in [0.1, 0.15) is 5.58 Å². The van der Waals surface area contributed by atoms with Crippen LogP contribution in [-0.4, -0.2) is 38.0 Å². The van der Waals surface area contributed by atoms with Crippen molar-refractivity contribution in [3.8, 4) is 11.5 Å². The predicted octanol–water partition coefficient (Wildman–Crippen LogP) is 4.55. The van der Waals surface area contributed by atoms with Crippen molar-refractivity contribution in [3.63, 3.8) is 0 Å². The van der Waals surface area contributed by atoms with Crippen molar-refractivity contribution < 1.29 is 33.0 Å². The van der Waals surface area contributed by atoms with Gasteiger partial charge in [0.2, 0.25) is 11.7 Å². The third kappa shape index (κ3) is 5.91. The number of furan rings is 1. The van der Waals surface area contributed by atoms with Gasteiger partial charge in [-0.3, -0.25) is 14.4 Å². The first-order valence-electron chi connectivity index (χ1n) is 10.8. The van der Waals surface area contributed by atoms with Crippen LogP contribution >= 0.6 is 0 Å². The van der Waals surface area contributed by atoms with Gasteiger partial charge in [-0.1, -0.05) is 18.2 Å². The molecular formula is C25H27NO7. The Balaban J connectivity index is 1.82. The highest BCUT2D eigenvalue weighted by Gasteiger charge is 2.23. The fourth-order valence-electron chi connectivity index (χ4n) is 3.37. The Morgan fingerprint density at radius 1 is 0.939 bits per heavy atom. The summed E-state index contributed by atoms with van der Waals surface area (Å²) in [5.41, 5.74) is 1.49. The molecule has 0 aliphatic rings. The summed E-state index contributed by atoms with van der Waals surface area (Å²) in [6.45, 7) is 4.72. The standard InChI is InChI=1S/C25H27NO7/c1-4-31-20-12-10-16(14-21(20)32-5-2)15-22(28)26-24-17-8-6-7-9-19(17)33-25(24)18(27)11-13-23(29)30-3/h6-10,12,14H,4-5,11,13,15H2,1-3H3,(H,26,28). The van der Waals surface area contributed by atoms with Crippen molar-refractivity contribution in [3.05, 3.63) is 53.8 Å². The molecule has 1 heterocycles. The lowest BCUT2D eigenvalue weighted by Crippen LogP contribution is -2.16. The number of carbonyl (C=O) groups excluding carboxylic acids is 3. The van der Waals surface area contributed by atoms with Gasteiger partial charge < -0.3 is 23.9 Å². The lowest BCUT2D eigenvalue weighted by atomic mass is 10.1. The number of ketones is 1. The number of methoxy groups -OCH3 is 1. The maximum Gasteiger partial charge on any atom is 0.305 e. The van der Waals surface area contributed by atoms with Gasteiger partial charge in [-0.05, 0) is 43.7 Å². The van der Waals surface area contributed by atoms with Crippen LogP contribution in [-0.2, 0) is 20.7 Å². The molecule has 8 nitrogen and oxygen atoms in total.